The number of hydrogen-bond donors (Lipinski definition) is 2. The van der Waals surface area contributed by atoms with E-state index in [0.29, 0.717) is 12.4 Å². The number of nitrogens with one attached hydrogen (secondary N) is 1. The molecule has 0 unspecified atom stereocenters. The highest BCUT2D eigenvalue weighted by atomic mass is 127. The van der Waals surface area contributed by atoms with Gasteiger partial charge < -0.3 is 15.8 Å². The third kappa shape index (κ3) is 9.75. The van der Waals surface area contributed by atoms with E-state index < -0.39 is 0 Å². The van der Waals surface area contributed by atoms with Gasteiger partial charge in [0.05, 0.1) is 7.11 Å². The summed E-state index contributed by atoms with van der Waals surface area (Å²) in [5.74, 6) is 0.332. The Kier molecular flexibility index (Phi) is 12.3. The first kappa shape index (κ1) is 22.7. The standard InChI is InChI=1S/C18H29N3O2.HI/c1-14-10-11-16(13-15(14)2)21-18(19)20-12-8-6-4-5-7-9-17(22)23-3;/h10-11,13H,4-9,12H2,1-3H3,(H3,19,20,21);1H. The van der Waals surface area contributed by atoms with Gasteiger partial charge in [-0.1, -0.05) is 25.3 Å². The number of nitrogens with zero attached hydrogens (tertiary/aromatic N) is 1. The number of ether oxygens (including phenoxy) is 1. The maximum Gasteiger partial charge on any atom is 0.305 e. The van der Waals surface area contributed by atoms with Gasteiger partial charge in [0.25, 0.3) is 0 Å². The fourth-order valence-electron chi connectivity index (χ4n) is 2.22. The number of unbranched alkanes of at least 4 members (excludes halogenated alkanes) is 4. The predicted octanol–water partition coefficient (Wildman–Crippen LogP) is 4.16. The van der Waals surface area contributed by atoms with Crippen LogP contribution < -0.4 is 11.1 Å². The highest BCUT2D eigenvalue weighted by molar-refractivity contribution is 14.0. The normalized spacial score (nSPS) is 10.9. The van der Waals surface area contributed by atoms with Crippen LogP contribution in [-0.2, 0) is 9.53 Å². The summed E-state index contributed by atoms with van der Waals surface area (Å²) < 4.78 is 4.61. The molecule has 0 saturated heterocycles. The van der Waals surface area contributed by atoms with E-state index in [-0.39, 0.29) is 29.9 Å². The van der Waals surface area contributed by atoms with Crippen LogP contribution in [-0.4, -0.2) is 25.6 Å². The lowest BCUT2D eigenvalue weighted by Gasteiger charge is -2.08. The Bertz CT molecular complexity index is 533. The van der Waals surface area contributed by atoms with E-state index in [4.69, 9.17) is 5.73 Å². The average Bonchev–Trinajstić information content (AvgIpc) is 2.53. The van der Waals surface area contributed by atoms with E-state index in [1.165, 1.54) is 18.2 Å². The summed E-state index contributed by atoms with van der Waals surface area (Å²) in [6.07, 6.45) is 5.68. The zero-order valence-electron chi connectivity index (χ0n) is 14.9. The molecular weight excluding hydrogens is 417 g/mol. The van der Waals surface area contributed by atoms with Gasteiger partial charge in [-0.25, -0.2) is 0 Å². The Morgan fingerprint density at radius 1 is 1.12 bits per heavy atom. The summed E-state index contributed by atoms with van der Waals surface area (Å²) in [5.41, 5.74) is 9.36. The van der Waals surface area contributed by atoms with Gasteiger partial charge in [0.2, 0.25) is 0 Å². The number of aliphatic imine (C=N–C) groups is 1. The summed E-state index contributed by atoms with van der Waals surface area (Å²) in [5, 5.41) is 3.12. The van der Waals surface area contributed by atoms with E-state index in [1.54, 1.807) is 0 Å². The molecule has 3 N–H and O–H groups in total. The molecule has 0 aromatic heterocycles. The average molecular weight is 447 g/mol. The number of methoxy groups -OCH3 is 1. The molecule has 1 aromatic carbocycles. The molecule has 0 fully saturated rings. The predicted molar refractivity (Wildman–Crippen MR) is 111 cm³/mol. The number of carbonyl (C=O) groups is 1. The molecule has 0 aliphatic carbocycles. The van der Waals surface area contributed by atoms with Gasteiger partial charge >= 0.3 is 5.97 Å². The molecule has 0 aliphatic heterocycles. The molecule has 0 heterocycles. The van der Waals surface area contributed by atoms with Crippen LogP contribution in [0.25, 0.3) is 0 Å². The van der Waals surface area contributed by atoms with Gasteiger partial charge in [-0.3, -0.25) is 9.79 Å². The quantitative estimate of drug-likeness (QED) is 0.196. The first-order valence-electron chi connectivity index (χ1n) is 8.24. The van der Waals surface area contributed by atoms with Crippen molar-refractivity contribution in [1.29, 1.82) is 0 Å². The monoisotopic (exact) mass is 447 g/mol. The Labute approximate surface area is 162 Å². The van der Waals surface area contributed by atoms with Gasteiger partial charge in [0.1, 0.15) is 0 Å². The molecule has 0 amide bonds. The second-order valence-electron chi connectivity index (χ2n) is 5.78. The molecule has 0 bridgehead atoms. The Hall–Kier alpha value is -1.31. The summed E-state index contributed by atoms with van der Waals surface area (Å²) in [7, 11) is 1.43. The molecule has 136 valence electrons. The number of rotatable bonds is 9. The van der Waals surface area contributed by atoms with Gasteiger partial charge in [0, 0.05) is 18.7 Å². The molecule has 1 rings (SSSR count). The lowest BCUT2D eigenvalue weighted by Crippen LogP contribution is -2.22. The lowest BCUT2D eigenvalue weighted by atomic mass is 10.1. The number of halogens is 1. The molecule has 24 heavy (non-hydrogen) atoms. The molecule has 0 aliphatic rings. The lowest BCUT2D eigenvalue weighted by molar-refractivity contribution is -0.140. The Morgan fingerprint density at radius 3 is 2.46 bits per heavy atom. The fraction of sp³-hybridized carbons (Fsp3) is 0.556. The number of esters is 1. The molecule has 0 spiro atoms. The maximum absolute atomic E-state index is 11.0. The van der Waals surface area contributed by atoms with Crippen molar-refractivity contribution in [3.05, 3.63) is 29.3 Å². The second kappa shape index (κ2) is 13.0. The van der Waals surface area contributed by atoms with Gasteiger partial charge in [-0.05, 0) is 49.9 Å². The highest BCUT2D eigenvalue weighted by Gasteiger charge is 2.00. The molecular formula is C18H30IN3O2. The SMILES string of the molecule is COC(=O)CCCCCCCN=C(N)Nc1ccc(C)c(C)c1.I. The maximum atomic E-state index is 11.0. The van der Waals surface area contributed by atoms with Crippen molar-refractivity contribution in [1.82, 2.24) is 0 Å². The third-order valence-corrected chi connectivity index (χ3v) is 3.83. The number of guanidine groups is 1. The third-order valence-electron chi connectivity index (χ3n) is 3.83. The summed E-state index contributed by atoms with van der Waals surface area (Å²) in [4.78, 5) is 15.3. The fourth-order valence-corrected chi connectivity index (χ4v) is 2.22. The largest absolute Gasteiger partial charge is 0.469 e. The van der Waals surface area contributed by atoms with Crippen LogP contribution in [0.3, 0.4) is 0 Å². The van der Waals surface area contributed by atoms with Crippen molar-refractivity contribution in [3.63, 3.8) is 0 Å². The number of aryl methyl sites for hydroxylation is 2. The Morgan fingerprint density at radius 2 is 1.79 bits per heavy atom. The number of benzene rings is 1. The number of anilines is 1. The van der Waals surface area contributed by atoms with E-state index in [1.807, 2.05) is 6.07 Å². The first-order chi connectivity index (χ1) is 11.0. The van der Waals surface area contributed by atoms with Crippen LogP contribution in [0.4, 0.5) is 5.69 Å². The molecule has 1 aromatic rings. The van der Waals surface area contributed by atoms with Crippen LogP contribution in [0, 0.1) is 13.8 Å². The van der Waals surface area contributed by atoms with Crippen molar-refractivity contribution in [2.24, 2.45) is 10.7 Å². The minimum Gasteiger partial charge on any atom is -0.469 e. The molecule has 0 atom stereocenters. The number of hydrogen-bond acceptors (Lipinski definition) is 3. The van der Waals surface area contributed by atoms with Gasteiger partial charge in [-0.15, -0.1) is 24.0 Å². The second-order valence-corrected chi connectivity index (χ2v) is 5.78. The summed E-state index contributed by atoms with van der Waals surface area (Å²) in [6.45, 7) is 4.89. The van der Waals surface area contributed by atoms with E-state index in [2.05, 4.69) is 41.0 Å². The minimum atomic E-state index is -0.125. The minimum absolute atomic E-state index is 0. The van der Waals surface area contributed by atoms with Crippen LogP contribution in [0.1, 0.15) is 49.7 Å². The van der Waals surface area contributed by atoms with E-state index >= 15 is 0 Å². The number of nitrogens with two attached hydrogens (primary N) is 1. The summed E-state index contributed by atoms with van der Waals surface area (Å²) in [6, 6.07) is 6.14. The summed E-state index contributed by atoms with van der Waals surface area (Å²) >= 11 is 0. The van der Waals surface area contributed by atoms with Gasteiger partial charge in [0.15, 0.2) is 5.96 Å². The zero-order chi connectivity index (χ0) is 17.1. The molecule has 5 nitrogen and oxygen atoms in total. The van der Waals surface area contributed by atoms with Crippen molar-refractivity contribution < 1.29 is 9.53 Å². The van der Waals surface area contributed by atoms with Crippen molar-refractivity contribution in [3.8, 4) is 0 Å². The number of carbonyl (C=O) groups excluding carboxylic acids is 1. The van der Waals surface area contributed by atoms with Crippen molar-refractivity contribution in [2.75, 3.05) is 19.0 Å². The van der Waals surface area contributed by atoms with E-state index in [9.17, 15) is 4.79 Å². The van der Waals surface area contributed by atoms with Crippen molar-refractivity contribution in [2.45, 2.75) is 52.4 Å². The molecule has 0 radical (unpaired) electrons. The van der Waals surface area contributed by atoms with Crippen LogP contribution in [0.5, 0.6) is 0 Å². The molecule has 6 heteroatoms. The smallest absolute Gasteiger partial charge is 0.305 e. The molecule has 0 saturated carbocycles. The highest BCUT2D eigenvalue weighted by Crippen LogP contribution is 2.13. The topological polar surface area (TPSA) is 76.7 Å². The van der Waals surface area contributed by atoms with Gasteiger partial charge in [-0.2, -0.15) is 0 Å². The van der Waals surface area contributed by atoms with E-state index in [0.717, 1.165) is 44.3 Å². The Balaban J connectivity index is 0.00000529. The van der Waals surface area contributed by atoms with Crippen LogP contribution in [0.15, 0.2) is 23.2 Å². The van der Waals surface area contributed by atoms with Crippen LogP contribution >= 0.6 is 24.0 Å². The van der Waals surface area contributed by atoms with Crippen LogP contribution in [0.2, 0.25) is 0 Å². The van der Waals surface area contributed by atoms with Crippen molar-refractivity contribution >= 4 is 41.6 Å². The zero-order valence-corrected chi connectivity index (χ0v) is 17.3. The first-order valence-corrected chi connectivity index (χ1v) is 8.24.